The predicted octanol–water partition coefficient (Wildman–Crippen LogP) is -2.49. The van der Waals surface area contributed by atoms with E-state index in [1.807, 2.05) is 0 Å². The van der Waals surface area contributed by atoms with Crippen LogP contribution in [0.4, 0.5) is 0 Å². The number of amides is 3. The van der Waals surface area contributed by atoms with Crippen molar-refractivity contribution < 1.29 is 24.3 Å². The second-order valence-corrected chi connectivity index (χ2v) is 7.46. The Kier molecular flexibility index (Phi) is 12.5. The summed E-state index contributed by atoms with van der Waals surface area (Å²) in [6.07, 6.45) is 0.774. The molecule has 0 aliphatic carbocycles. The van der Waals surface area contributed by atoms with Gasteiger partial charge in [0.1, 0.15) is 18.1 Å². The summed E-state index contributed by atoms with van der Waals surface area (Å²) in [4.78, 5) is 51.7. The Balaban J connectivity index is 4.71. The number of carbonyl (C=O) groups is 4. The van der Waals surface area contributed by atoms with Crippen molar-refractivity contribution in [2.24, 2.45) is 28.1 Å². The summed E-state index contributed by atoms with van der Waals surface area (Å²) in [5.74, 6) is -3.47. The number of nitrogens with one attached hydrogen (secondary N) is 3. The molecule has 0 aromatic carbocycles. The van der Waals surface area contributed by atoms with Gasteiger partial charge in [0.15, 0.2) is 5.96 Å². The van der Waals surface area contributed by atoms with Crippen LogP contribution in [0.2, 0.25) is 0 Å². The highest BCUT2D eigenvalue weighted by molar-refractivity contribution is 7.80. The first-order chi connectivity index (χ1) is 13.9. The summed E-state index contributed by atoms with van der Waals surface area (Å²) in [5, 5.41) is 16.4. The monoisotopic (exact) mass is 447 g/mol. The van der Waals surface area contributed by atoms with Gasteiger partial charge in [-0.25, -0.2) is 4.79 Å². The maximum atomic E-state index is 12.4. The van der Waals surface area contributed by atoms with Crippen LogP contribution in [-0.4, -0.2) is 71.2 Å². The fraction of sp³-hybridized carbons (Fsp3) is 0.706. The summed E-state index contributed by atoms with van der Waals surface area (Å²) in [7, 11) is 0. The second-order valence-electron chi connectivity index (χ2n) is 7.10. The number of rotatable bonds is 13. The van der Waals surface area contributed by atoms with Gasteiger partial charge in [0.2, 0.25) is 17.7 Å². The molecule has 0 radical (unpaired) electrons. The second kappa shape index (κ2) is 13.6. The SMILES string of the molecule is CC(NC(=O)C(CS)NC(=O)C(N)CCCN=C(N)N)C(=O)NC(C(=O)O)C(C)C. The molecule has 0 saturated heterocycles. The number of hydrogen-bond acceptors (Lipinski definition) is 7. The Morgan fingerprint density at radius 2 is 1.60 bits per heavy atom. The molecule has 0 rings (SSSR count). The Morgan fingerprint density at radius 1 is 1.00 bits per heavy atom. The maximum Gasteiger partial charge on any atom is 0.326 e. The third-order valence-electron chi connectivity index (χ3n) is 4.10. The summed E-state index contributed by atoms with van der Waals surface area (Å²) in [5.41, 5.74) is 16.2. The van der Waals surface area contributed by atoms with Crippen LogP contribution in [0.5, 0.6) is 0 Å². The lowest BCUT2D eigenvalue weighted by molar-refractivity contribution is -0.143. The average Bonchev–Trinajstić information content (AvgIpc) is 2.65. The molecule has 30 heavy (non-hydrogen) atoms. The molecule has 0 aliphatic heterocycles. The van der Waals surface area contributed by atoms with Crippen molar-refractivity contribution in [3.05, 3.63) is 0 Å². The van der Waals surface area contributed by atoms with Crippen LogP contribution in [-0.2, 0) is 19.2 Å². The van der Waals surface area contributed by atoms with E-state index in [1.165, 1.54) is 6.92 Å². The van der Waals surface area contributed by atoms with Gasteiger partial charge in [-0.05, 0) is 25.7 Å². The molecular weight excluding hydrogens is 414 g/mol. The quantitative estimate of drug-likeness (QED) is 0.0652. The van der Waals surface area contributed by atoms with Crippen LogP contribution in [0.25, 0.3) is 0 Å². The van der Waals surface area contributed by atoms with E-state index in [2.05, 4.69) is 33.6 Å². The van der Waals surface area contributed by atoms with Gasteiger partial charge in [0.05, 0.1) is 6.04 Å². The number of aliphatic imine (C=N–C) groups is 1. The lowest BCUT2D eigenvalue weighted by Crippen LogP contribution is -2.57. The maximum absolute atomic E-state index is 12.4. The van der Waals surface area contributed by atoms with E-state index in [0.29, 0.717) is 19.4 Å². The standard InChI is InChI=1S/C17H33N7O5S/c1-8(2)12(16(28)29)24-13(25)9(3)22-15(27)11(7-30)23-14(26)10(18)5-4-6-21-17(19)20/h8-12,30H,4-7,18H2,1-3H3,(H,22,27)(H,23,26)(H,24,25)(H,28,29)(H4,19,20,21). The van der Waals surface area contributed by atoms with Gasteiger partial charge in [0, 0.05) is 12.3 Å². The number of hydrogen-bond donors (Lipinski definition) is 8. The van der Waals surface area contributed by atoms with E-state index in [1.54, 1.807) is 13.8 Å². The summed E-state index contributed by atoms with van der Waals surface area (Å²) in [6.45, 7) is 5.02. The highest BCUT2D eigenvalue weighted by Gasteiger charge is 2.28. The normalized spacial score (nSPS) is 14.7. The van der Waals surface area contributed by atoms with E-state index in [4.69, 9.17) is 22.3 Å². The van der Waals surface area contributed by atoms with Gasteiger partial charge >= 0.3 is 5.97 Å². The molecule has 0 aliphatic rings. The zero-order valence-corrected chi connectivity index (χ0v) is 18.3. The first-order valence-electron chi connectivity index (χ1n) is 9.46. The average molecular weight is 448 g/mol. The predicted molar refractivity (Wildman–Crippen MR) is 116 cm³/mol. The number of carboxylic acid groups (broad SMARTS) is 1. The van der Waals surface area contributed by atoms with Crippen molar-refractivity contribution in [2.45, 2.75) is 57.8 Å². The Morgan fingerprint density at radius 3 is 2.07 bits per heavy atom. The molecule has 4 unspecified atom stereocenters. The van der Waals surface area contributed by atoms with Gasteiger partial charge < -0.3 is 38.3 Å². The number of nitrogens with zero attached hydrogens (tertiary/aromatic N) is 1. The first-order valence-corrected chi connectivity index (χ1v) is 10.1. The Labute approximate surface area is 181 Å². The van der Waals surface area contributed by atoms with Crippen molar-refractivity contribution in [2.75, 3.05) is 12.3 Å². The molecule has 0 bridgehead atoms. The number of carbonyl (C=O) groups excluding carboxylic acids is 3. The van der Waals surface area contributed by atoms with E-state index >= 15 is 0 Å². The van der Waals surface area contributed by atoms with E-state index < -0.39 is 47.9 Å². The van der Waals surface area contributed by atoms with Crippen LogP contribution < -0.4 is 33.2 Å². The minimum absolute atomic E-state index is 0.0314. The summed E-state index contributed by atoms with van der Waals surface area (Å²) >= 11 is 4.05. The molecule has 0 aromatic rings. The highest BCUT2D eigenvalue weighted by atomic mass is 32.1. The molecule has 4 atom stereocenters. The van der Waals surface area contributed by atoms with Gasteiger partial charge in [-0.2, -0.15) is 12.6 Å². The van der Waals surface area contributed by atoms with Crippen molar-refractivity contribution in [3.8, 4) is 0 Å². The van der Waals surface area contributed by atoms with Crippen LogP contribution in [0, 0.1) is 5.92 Å². The number of aliphatic carboxylic acids is 1. The van der Waals surface area contributed by atoms with Crippen molar-refractivity contribution >= 4 is 42.3 Å². The minimum atomic E-state index is -1.17. The molecule has 0 aromatic heterocycles. The molecule has 0 fully saturated rings. The van der Waals surface area contributed by atoms with Crippen LogP contribution in [0.3, 0.4) is 0 Å². The zero-order valence-electron chi connectivity index (χ0n) is 17.4. The van der Waals surface area contributed by atoms with Gasteiger partial charge in [-0.3, -0.25) is 19.4 Å². The summed E-state index contributed by atoms with van der Waals surface area (Å²) in [6, 6.07) is -4.02. The lowest BCUT2D eigenvalue weighted by atomic mass is 10.0. The fourth-order valence-electron chi connectivity index (χ4n) is 2.29. The van der Waals surface area contributed by atoms with Gasteiger partial charge in [-0.1, -0.05) is 13.8 Å². The van der Waals surface area contributed by atoms with E-state index in [0.717, 1.165) is 0 Å². The largest absolute Gasteiger partial charge is 0.480 e. The smallest absolute Gasteiger partial charge is 0.326 e. The van der Waals surface area contributed by atoms with Crippen molar-refractivity contribution in [3.63, 3.8) is 0 Å². The molecular formula is C17H33N7O5S. The Bertz CT molecular complexity index is 640. The molecule has 10 N–H and O–H groups in total. The zero-order chi connectivity index (χ0) is 23.4. The third-order valence-corrected chi connectivity index (χ3v) is 4.47. The molecule has 12 nitrogen and oxygen atoms in total. The van der Waals surface area contributed by atoms with E-state index in [-0.39, 0.29) is 17.6 Å². The summed E-state index contributed by atoms with van der Waals surface area (Å²) < 4.78 is 0. The molecule has 0 heterocycles. The number of guanidine groups is 1. The molecule has 172 valence electrons. The van der Waals surface area contributed by atoms with E-state index in [9.17, 15) is 19.2 Å². The number of thiol groups is 1. The van der Waals surface area contributed by atoms with Crippen molar-refractivity contribution in [1.29, 1.82) is 0 Å². The fourth-order valence-corrected chi connectivity index (χ4v) is 2.55. The molecule has 0 spiro atoms. The topological polar surface area (TPSA) is 215 Å². The molecule has 0 saturated carbocycles. The molecule has 13 heteroatoms. The van der Waals surface area contributed by atoms with Crippen LogP contribution >= 0.6 is 12.6 Å². The third kappa shape index (κ3) is 10.3. The van der Waals surface area contributed by atoms with Crippen LogP contribution in [0.15, 0.2) is 4.99 Å². The van der Waals surface area contributed by atoms with Crippen molar-refractivity contribution in [1.82, 2.24) is 16.0 Å². The number of nitrogens with two attached hydrogens (primary N) is 3. The molecule has 3 amide bonds. The van der Waals surface area contributed by atoms with Gasteiger partial charge in [0.25, 0.3) is 0 Å². The minimum Gasteiger partial charge on any atom is -0.480 e. The Hall–Kier alpha value is -2.54. The van der Waals surface area contributed by atoms with Gasteiger partial charge in [-0.15, -0.1) is 0 Å². The number of carboxylic acids is 1. The first kappa shape index (κ1) is 27.5. The van der Waals surface area contributed by atoms with Crippen LogP contribution in [0.1, 0.15) is 33.6 Å². The lowest BCUT2D eigenvalue weighted by Gasteiger charge is -2.23. The highest BCUT2D eigenvalue weighted by Crippen LogP contribution is 2.03.